The third kappa shape index (κ3) is 4.74. The van der Waals surface area contributed by atoms with Crippen molar-refractivity contribution in [2.75, 3.05) is 36.5 Å². The highest BCUT2D eigenvalue weighted by molar-refractivity contribution is 6.62. The van der Waals surface area contributed by atoms with Gasteiger partial charge in [-0.2, -0.15) is 0 Å². The van der Waals surface area contributed by atoms with Crippen LogP contribution in [0.3, 0.4) is 0 Å². The Bertz CT molecular complexity index is 1550. The molecular weight excluding hydrogens is 504 g/mol. The Labute approximate surface area is 235 Å². The van der Waals surface area contributed by atoms with Crippen molar-refractivity contribution in [2.24, 2.45) is 0 Å². The van der Waals surface area contributed by atoms with E-state index in [0.717, 1.165) is 52.1 Å². The van der Waals surface area contributed by atoms with Crippen LogP contribution in [0.1, 0.15) is 33.3 Å². The van der Waals surface area contributed by atoms with Gasteiger partial charge in [-0.3, -0.25) is 0 Å². The maximum absolute atomic E-state index is 15.0. The average molecular weight is 539 g/mol. The lowest BCUT2D eigenvalue weighted by molar-refractivity contribution is 0.00578. The first kappa shape index (κ1) is 26.8. The Balaban J connectivity index is 1.49. The molecular formula is C32H35BFN3O3. The second kappa shape index (κ2) is 10.2. The molecule has 6 nitrogen and oxygen atoms in total. The van der Waals surface area contributed by atoms with E-state index in [9.17, 15) is 4.39 Å². The zero-order chi connectivity index (χ0) is 28.1. The summed E-state index contributed by atoms with van der Waals surface area (Å²) in [5, 5.41) is 4.73. The number of para-hydroxylation sites is 1. The summed E-state index contributed by atoms with van der Waals surface area (Å²) in [6.45, 7) is 13.2. The van der Waals surface area contributed by atoms with E-state index in [2.05, 4.69) is 62.2 Å². The largest absolute Gasteiger partial charge is 0.494 e. The molecule has 0 spiro atoms. The molecule has 0 saturated carbocycles. The summed E-state index contributed by atoms with van der Waals surface area (Å²) in [7, 11) is -0.492. The lowest BCUT2D eigenvalue weighted by atomic mass is 9.78. The SMILES string of the molecule is Cc1c(-c2ccccc2F)nc2ccccc2c1Nc1cc(B2OC(C)(C)C(C)(C)O2)ccc1N1CCOCC1. The molecule has 2 aliphatic heterocycles. The number of morpholine rings is 1. The van der Waals surface area contributed by atoms with Crippen LogP contribution in [0.5, 0.6) is 0 Å². The fourth-order valence-electron chi connectivity index (χ4n) is 5.38. The van der Waals surface area contributed by atoms with Crippen LogP contribution in [-0.4, -0.2) is 49.6 Å². The van der Waals surface area contributed by atoms with Gasteiger partial charge in [0.2, 0.25) is 0 Å². The highest BCUT2D eigenvalue weighted by atomic mass is 19.1. The molecule has 4 aromatic rings. The Kier molecular flexibility index (Phi) is 6.81. The van der Waals surface area contributed by atoms with Crippen LogP contribution in [0.25, 0.3) is 22.2 Å². The third-order valence-corrected chi connectivity index (χ3v) is 8.42. The maximum atomic E-state index is 15.0. The highest BCUT2D eigenvalue weighted by Gasteiger charge is 2.51. The Morgan fingerprint density at radius 1 is 0.900 bits per heavy atom. The predicted octanol–water partition coefficient (Wildman–Crippen LogP) is 6.23. The fourth-order valence-corrected chi connectivity index (χ4v) is 5.38. The van der Waals surface area contributed by atoms with E-state index in [4.69, 9.17) is 19.0 Å². The van der Waals surface area contributed by atoms with Gasteiger partial charge in [0.15, 0.2) is 0 Å². The summed E-state index contributed by atoms with van der Waals surface area (Å²) in [4.78, 5) is 7.22. The first-order valence-corrected chi connectivity index (χ1v) is 13.9. The number of ether oxygens (including phenoxy) is 1. The molecule has 3 aromatic carbocycles. The zero-order valence-corrected chi connectivity index (χ0v) is 23.8. The van der Waals surface area contributed by atoms with Gasteiger partial charge in [-0.15, -0.1) is 0 Å². The van der Waals surface area contributed by atoms with Crippen molar-refractivity contribution in [2.45, 2.75) is 45.8 Å². The normalized spacial score (nSPS) is 18.4. The number of pyridine rings is 1. The van der Waals surface area contributed by atoms with Crippen LogP contribution in [0.2, 0.25) is 0 Å². The molecule has 0 aliphatic carbocycles. The molecule has 2 fully saturated rings. The molecule has 0 amide bonds. The van der Waals surface area contributed by atoms with E-state index in [0.29, 0.717) is 24.5 Å². The van der Waals surface area contributed by atoms with Gasteiger partial charge >= 0.3 is 7.12 Å². The van der Waals surface area contributed by atoms with Crippen molar-refractivity contribution < 1.29 is 18.4 Å². The van der Waals surface area contributed by atoms with Crippen molar-refractivity contribution >= 4 is 40.5 Å². The minimum atomic E-state index is -0.492. The molecule has 2 aliphatic rings. The lowest BCUT2D eigenvalue weighted by Crippen LogP contribution is -2.41. The van der Waals surface area contributed by atoms with Gasteiger partial charge in [-0.05, 0) is 76.0 Å². The van der Waals surface area contributed by atoms with Crippen LogP contribution >= 0.6 is 0 Å². The minimum Gasteiger partial charge on any atom is -0.399 e. The Morgan fingerprint density at radius 3 is 2.30 bits per heavy atom. The summed E-state index contributed by atoms with van der Waals surface area (Å²) < 4.78 is 33.4. The highest BCUT2D eigenvalue weighted by Crippen LogP contribution is 2.40. The first-order chi connectivity index (χ1) is 19.1. The van der Waals surface area contributed by atoms with Gasteiger partial charge in [0.1, 0.15) is 5.82 Å². The van der Waals surface area contributed by atoms with Gasteiger partial charge in [-0.25, -0.2) is 9.37 Å². The smallest absolute Gasteiger partial charge is 0.399 e. The molecule has 8 heteroatoms. The maximum Gasteiger partial charge on any atom is 0.494 e. The molecule has 1 N–H and O–H groups in total. The number of halogens is 1. The van der Waals surface area contributed by atoms with Crippen molar-refractivity contribution in [1.29, 1.82) is 0 Å². The second-order valence-corrected chi connectivity index (χ2v) is 11.5. The lowest BCUT2D eigenvalue weighted by Gasteiger charge is -2.32. The number of aromatic nitrogens is 1. The van der Waals surface area contributed by atoms with Crippen LogP contribution < -0.4 is 15.7 Å². The number of hydrogen-bond donors (Lipinski definition) is 1. The topological polar surface area (TPSA) is 55.9 Å². The number of nitrogens with one attached hydrogen (secondary N) is 1. The van der Waals surface area contributed by atoms with E-state index in [1.165, 1.54) is 6.07 Å². The quantitative estimate of drug-likeness (QED) is 0.304. The number of hydrogen-bond acceptors (Lipinski definition) is 6. The van der Waals surface area contributed by atoms with Gasteiger partial charge in [0, 0.05) is 24.0 Å². The number of fused-ring (bicyclic) bond motifs is 1. The van der Waals surface area contributed by atoms with Crippen LogP contribution in [0, 0.1) is 12.7 Å². The molecule has 206 valence electrons. The summed E-state index contributed by atoms with van der Waals surface area (Å²) in [6, 6.07) is 21.1. The molecule has 1 aromatic heterocycles. The predicted molar refractivity (Wildman–Crippen MR) is 160 cm³/mol. The Morgan fingerprint density at radius 2 is 1.57 bits per heavy atom. The first-order valence-electron chi connectivity index (χ1n) is 13.9. The second-order valence-electron chi connectivity index (χ2n) is 11.5. The van der Waals surface area contributed by atoms with E-state index in [1.807, 2.05) is 31.2 Å². The standard InChI is InChI=1S/C32H35BFN3O3/c1-21-29(23-10-6-8-12-25(23)34)35-26-13-9-7-11-24(26)30(21)36-27-20-22(33-39-31(2,3)32(4,5)40-33)14-15-28(27)37-16-18-38-19-17-37/h6-15,20H,16-19H2,1-5H3,(H,35,36). The van der Waals surface area contributed by atoms with Crippen molar-refractivity contribution in [3.8, 4) is 11.3 Å². The van der Waals surface area contributed by atoms with Gasteiger partial charge in [-0.1, -0.05) is 36.4 Å². The number of rotatable bonds is 5. The number of benzene rings is 3. The fraction of sp³-hybridized carbons (Fsp3) is 0.344. The van der Waals surface area contributed by atoms with Gasteiger partial charge in [0.05, 0.1) is 52.7 Å². The van der Waals surface area contributed by atoms with Gasteiger partial charge in [0.25, 0.3) is 0 Å². The third-order valence-electron chi connectivity index (χ3n) is 8.42. The van der Waals surface area contributed by atoms with Crippen LogP contribution in [0.4, 0.5) is 21.5 Å². The molecule has 3 heterocycles. The number of nitrogens with zero attached hydrogens (tertiary/aromatic N) is 2. The van der Waals surface area contributed by atoms with Gasteiger partial charge < -0.3 is 24.3 Å². The Hall–Kier alpha value is -3.46. The summed E-state index contributed by atoms with van der Waals surface area (Å²) >= 11 is 0. The van der Waals surface area contributed by atoms with Crippen molar-refractivity contribution in [3.05, 3.63) is 78.1 Å². The number of anilines is 3. The summed E-state index contributed by atoms with van der Waals surface area (Å²) in [5.74, 6) is -0.295. The summed E-state index contributed by atoms with van der Waals surface area (Å²) in [5.41, 5.74) is 5.70. The zero-order valence-electron chi connectivity index (χ0n) is 23.8. The molecule has 0 atom stereocenters. The minimum absolute atomic E-state index is 0.295. The molecule has 0 bridgehead atoms. The molecule has 0 radical (unpaired) electrons. The molecule has 40 heavy (non-hydrogen) atoms. The van der Waals surface area contributed by atoms with E-state index < -0.39 is 18.3 Å². The molecule has 0 unspecified atom stereocenters. The monoisotopic (exact) mass is 539 g/mol. The molecule has 6 rings (SSSR count). The van der Waals surface area contributed by atoms with E-state index in [-0.39, 0.29) is 5.82 Å². The van der Waals surface area contributed by atoms with Crippen LogP contribution in [-0.2, 0) is 14.0 Å². The molecule has 2 saturated heterocycles. The average Bonchev–Trinajstić information content (AvgIpc) is 3.17. The van der Waals surface area contributed by atoms with Crippen molar-refractivity contribution in [3.63, 3.8) is 0 Å². The van der Waals surface area contributed by atoms with Crippen molar-refractivity contribution in [1.82, 2.24) is 4.98 Å². The van der Waals surface area contributed by atoms with Crippen LogP contribution in [0.15, 0.2) is 66.7 Å². The summed E-state index contributed by atoms with van der Waals surface area (Å²) in [6.07, 6.45) is 0. The van der Waals surface area contributed by atoms with E-state index in [1.54, 1.807) is 12.1 Å². The van der Waals surface area contributed by atoms with E-state index >= 15 is 0 Å².